The Kier molecular flexibility index (Phi) is 4.50. The smallest absolute Gasteiger partial charge is 0.254 e. The summed E-state index contributed by atoms with van der Waals surface area (Å²) in [6.07, 6.45) is 5.81. The molecule has 0 bridgehead atoms. The lowest BCUT2D eigenvalue weighted by molar-refractivity contribution is -0.0383. The number of nitrogens with zero attached hydrogens (tertiary/aromatic N) is 4. The standard InChI is InChI=1S/C18H22N4O3/c23-17-3-1-2-15(17)16-12-25-11-10-21(16)18(24)13-4-6-14(7-5-13)22-9-8-19-20-22/h4-9,15-17,23H,1-3,10-12H2. The largest absolute Gasteiger partial charge is 0.393 e. The molecule has 7 nitrogen and oxygen atoms in total. The summed E-state index contributed by atoms with van der Waals surface area (Å²) >= 11 is 0. The zero-order valence-electron chi connectivity index (χ0n) is 14.0. The highest BCUT2D eigenvalue weighted by Crippen LogP contribution is 2.32. The molecule has 1 N–H and O–H groups in total. The van der Waals surface area contributed by atoms with Gasteiger partial charge < -0.3 is 14.7 Å². The molecule has 1 amide bonds. The maximum atomic E-state index is 13.0. The summed E-state index contributed by atoms with van der Waals surface area (Å²) in [4.78, 5) is 14.9. The van der Waals surface area contributed by atoms with E-state index in [1.165, 1.54) is 0 Å². The number of carbonyl (C=O) groups excluding carboxylic acids is 1. The van der Waals surface area contributed by atoms with Gasteiger partial charge in [0.25, 0.3) is 5.91 Å². The third-order valence-corrected chi connectivity index (χ3v) is 5.25. The Morgan fingerprint density at radius 2 is 2.08 bits per heavy atom. The van der Waals surface area contributed by atoms with Gasteiger partial charge in [0.05, 0.1) is 43.4 Å². The normalized spacial score (nSPS) is 26.8. The summed E-state index contributed by atoms with van der Waals surface area (Å²) in [6.45, 7) is 1.62. The molecular formula is C18H22N4O3. The van der Waals surface area contributed by atoms with Crippen LogP contribution in [0, 0.1) is 5.92 Å². The van der Waals surface area contributed by atoms with Crippen LogP contribution in [0.1, 0.15) is 29.6 Å². The van der Waals surface area contributed by atoms with Gasteiger partial charge in [-0.15, -0.1) is 5.10 Å². The second-order valence-corrected chi connectivity index (χ2v) is 6.70. The molecule has 1 aromatic heterocycles. The van der Waals surface area contributed by atoms with Crippen molar-refractivity contribution in [2.45, 2.75) is 31.4 Å². The average Bonchev–Trinajstić information content (AvgIpc) is 3.33. The Balaban J connectivity index is 1.54. The number of rotatable bonds is 3. The first-order valence-electron chi connectivity index (χ1n) is 8.77. The first-order chi connectivity index (χ1) is 12.2. The molecule has 7 heteroatoms. The first kappa shape index (κ1) is 16.2. The second kappa shape index (κ2) is 6.93. The van der Waals surface area contributed by atoms with Crippen molar-refractivity contribution in [3.05, 3.63) is 42.2 Å². The molecule has 1 aliphatic heterocycles. The summed E-state index contributed by atoms with van der Waals surface area (Å²) in [5.74, 6) is 0.108. The van der Waals surface area contributed by atoms with E-state index >= 15 is 0 Å². The highest BCUT2D eigenvalue weighted by atomic mass is 16.5. The number of hydrogen-bond donors (Lipinski definition) is 1. The van der Waals surface area contributed by atoms with E-state index in [1.54, 1.807) is 17.1 Å². The Morgan fingerprint density at radius 1 is 1.24 bits per heavy atom. The Labute approximate surface area is 146 Å². The molecule has 2 fully saturated rings. The number of aliphatic hydroxyl groups excluding tert-OH is 1. The van der Waals surface area contributed by atoms with Gasteiger partial charge in [-0.3, -0.25) is 4.79 Å². The van der Waals surface area contributed by atoms with Crippen molar-refractivity contribution in [3.8, 4) is 5.69 Å². The summed E-state index contributed by atoms with van der Waals surface area (Å²) in [5.41, 5.74) is 1.50. The van der Waals surface area contributed by atoms with Crippen LogP contribution < -0.4 is 0 Å². The van der Waals surface area contributed by atoms with Crippen LogP contribution in [0.3, 0.4) is 0 Å². The van der Waals surface area contributed by atoms with E-state index in [4.69, 9.17) is 4.74 Å². The van der Waals surface area contributed by atoms with Crippen molar-refractivity contribution in [2.75, 3.05) is 19.8 Å². The Bertz CT molecular complexity index is 716. The molecule has 0 spiro atoms. The lowest BCUT2D eigenvalue weighted by Crippen LogP contribution is -2.53. The van der Waals surface area contributed by atoms with E-state index < -0.39 is 0 Å². The van der Waals surface area contributed by atoms with Gasteiger partial charge in [-0.05, 0) is 37.1 Å². The van der Waals surface area contributed by atoms with Crippen LogP contribution in [0.25, 0.3) is 5.69 Å². The fourth-order valence-electron chi connectivity index (χ4n) is 3.92. The predicted octanol–water partition coefficient (Wildman–Crippen LogP) is 1.27. The van der Waals surface area contributed by atoms with Gasteiger partial charge in [-0.2, -0.15) is 0 Å². The van der Waals surface area contributed by atoms with Crippen molar-refractivity contribution >= 4 is 5.91 Å². The SMILES string of the molecule is O=C(c1ccc(-n2ccnn2)cc1)N1CCOCC1C1CCCC1O. The molecule has 3 unspecified atom stereocenters. The van der Waals surface area contributed by atoms with Crippen LogP contribution in [0.5, 0.6) is 0 Å². The summed E-state index contributed by atoms with van der Waals surface area (Å²) < 4.78 is 7.26. The summed E-state index contributed by atoms with van der Waals surface area (Å²) in [7, 11) is 0. The number of carbonyl (C=O) groups is 1. The number of aliphatic hydroxyl groups is 1. The van der Waals surface area contributed by atoms with Gasteiger partial charge in [-0.25, -0.2) is 4.68 Å². The molecule has 25 heavy (non-hydrogen) atoms. The first-order valence-corrected chi connectivity index (χ1v) is 8.77. The zero-order chi connectivity index (χ0) is 17.2. The van der Waals surface area contributed by atoms with Crippen LogP contribution in [0.15, 0.2) is 36.7 Å². The molecule has 2 aromatic rings. The molecule has 0 radical (unpaired) electrons. The van der Waals surface area contributed by atoms with Crippen LogP contribution in [-0.4, -0.2) is 62.8 Å². The minimum atomic E-state index is -0.336. The summed E-state index contributed by atoms with van der Waals surface area (Å²) in [6, 6.07) is 7.31. The molecule has 1 aliphatic carbocycles. The molecule has 2 aliphatic rings. The number of ether oxygens (including phenoxy) is 1. The van der Waals surface area contributed by atoms with E-state index in [1.807, 2.05) is 29.2 Å². The lowest BCUT2D eigenvalue weighted by atomic mass is 9.93. The van der Waals surface area contributed by atoms with Crippen LogP contribution >= 0.6 is 0 Å². The molecule has 2 heterocycles. The van der Waals surface area contributed by atoms with Gasteiger partial charge in [0, 0.05) is 18.0 Å². The van der Waals surface area contributed by atoms with Crippen molar-refractivity contribution in [1.82, 2.24) is 19.9 Å². The van der Waals surface area contributed by atoms with Gasteiger partial charge in [0.1, 0.15) is 0 Å². The number of aromatic nitrogens is 3. The highest BCUT2D eigenvalue weighted by molar-refractivity contribution is 5.94. The van der Waals surface area contributed by atoms with E-state index in [2.05, 4.69) is 10.3 Å². The van der Waals surface area contributed by atoms with Gasteiger partial charge in [-0.1, -0.05) is 11.6 Å². The highest BCUT2D eigenvalue weighted by Gasteiger charge is 2.39. The van der Waals surface area contributed by atoms with Gasteiger partial charge >= 0.3 is 0 Å². The molecule has 1 saturated carbocycles. The van der Waals surface area contributed by atoms with Gasteiger partial charge in [0.15, 0.2) is 0 Å². The number of benzene rings is 1. The second-order valence-electron chi connectivity index (χ2n) is 6.70. The topological polar surface area (TPSA) is 80.5 Å². The quantitative estimate of drug-likeness (QED) is 0.908. The van der Waals surface area contributed by atoms with Crippen LogP contribution in [0.4, 0.5) is 0 Å². The maximum absolute atomic E-state index is 13.0. The molecule has 132 valence electrons. The van der Waals surface area contributed by atoms with Crippen molar-refractivity contribution in [2.24, 2.45) is 5.92 Å². The molecule has 1 aromatic carbocycles. The number of amides is 1. The fraction of sp³-hybridized carbons (Fsp3) is 0.500. The number of morpholine rings is 1. The average molecular weight is 342 g/mol. The third-order valence-electron chi connectivity index (χ3n) is 5.25. The minimum absolute atomic E-state index is 0.00228. The van der Waals surface area contributed by atoms with Crippen molar-refractivity contribution in [1.29, 1.82) is 0 Å². The van der Waals surface area contributed by atoms with E-state index in [-0.39, 0.29) is 24.0 Å². The zero-order valence-corrected chi connectivity index (χ0v) is 14.0. The molecule has 4 rings (SSSR count). The molecular weight excluding hydrogens is 320 g/mol. The molecule has 1 saturated heterocycles. The minimum Gasteiger partial charge on any atom is -0.393 e. The summed E-state index contributed by atoms with van der Waals surface area (Å²) in [5, 5.41) is 18.0. The van der Waals surface area contributed by atoms with Gasteiger partial charge in [0.2, 0.25) is 0 Å². The maximum Gasteiger partial charge on any atom is 0.254 e. The van der Waals surface area contributed by atoms with E-state index in [9.17, 15) is 9.90 Å². The van der Waals surface area contributed by atoms with E-state index in [0.29, 0.717) is 25.3 Å². The Hall–Kier alpha value is -2.25. The van der Waals surface area contributed by atoms with E-state index in [0.717, 1.165) is 24.9 Å². The van der Waals surface area contributed by atoms with Crippen molar-refractivity contribution < 1.29 is 14.6 Å². The van der Waals surface area contributed by atoms with Crippen LogP contribution in [0.2, 0.25) is 0 Å². The Morgan fingerprint density at radius 3 is 2.76 bits per heavy atom. The van der Waals surface area contributed by atoms with Crippen LogP contribution in [-0.2, 0) is 4.74 Å². The molecule has 3 atom stereocenters. The number of hydrogen-bond acceptors (Lipinski definition) is 5. The monoisotopic (exact) mass is 342 g/mol. The third kappa shape index (κ3) is 3.17. The lowest BCUT2D eigenvalue weighted by Gasteiger charge is -2.40. The predicted molar refractivity (Wildman–Crippen MR) is 90.4 cm³/mol. The fourth-order valence-corrected chi connectivity index (χ4v) is 3.92. The van der Waals surface area contributed by atoms with Crippen molar-refractivity contribution in [3.63, 3.8) is 0 Å².